The number of nitrogens with zero attached hydrogens (tertiary/aromatic N) is 3. The number of benzene rings is 1. The molecule has 2 aromatic heterocycles. The minimum Gasteiger partial charge on any atom is -0.481 e. The summed E-state index contributed by atoms with van der Waals surface area (Å²) >= 11 is 0. The van der Waals surface area contributed by atoms with Crippen LogP contribution < -0.4 is 0 Å². The Morgan fingerprint density at radius 1 is 1.33 bits per heavy atom. The predicted molar refractivity (Wildman–Crippen MR) is 88.0 cm³/mol. The highest BCUT2D eigenvalue weighted by Gasteiger charge is 2.17. The molecule has 7 nitrogen and oxygen atoms in total. The molecule has 3 aromatic rings. The van der Waals surface area contributed by atoms with Crippen molar-refractivity contribution in [2.45, 2.75) is 19.8 Å². The maximum absolute atomic E-state index is 11.0. The van der Waals surface area contributed by atoms with Gasteiger partial charge in [-0.25, -0.2) is 4.98 Å². The molecule has 0 saturated heterocycles. The summed E-state index contributed by atoms with van der Waals surface area (Å²) in [6.07, 6.45) is 2.14. The fourth-order valence-corrected chi connectivity index (χ4v) is 2.66. The summed E-state index contributed by atoms with van der Waals surface area (Å²) in [7, 11) is 0. The van der Waals surface area contributed by atoms with E-state index in [0.717, 1.165) is 11.3 Å². The van der Waals surface area contributed by atoms with Crippen LogP contribution in [0.3, 0.4) is 0 Å². The smallest absolute Gasteiger partial charge is 0.303 e. The number of aryl methyl sites for hydroxylation is 2. The maximum Gasteiger partial charge on any atom is 0.303 e. The number of pyridine rings is 1. The van der Waals surface area contributed by atoms with Gasteiger partial charge in [0.1, 0.15) is 5.65 Å². The van der Waals surface area contributed by atoms with Gasteiger partial charge >= 0.3 is 5.97 Å². The largest absolute Gasteiger partial charge is 0.481 e. The normalized spacial score (nSPS) is 10.9. The third kappa shape index (κ3) is 2.96. The predicted octanol–water partition coefficient (Wildman–Crippen LogP) is 3.24. The molecule has 122 valence electrons. The van der Waals surface area contributed by atoms with Crippen LogP contribution in [0.2, 0.25) is 0 Å². The molecule has 0 aliphatic rings. The molecule has 0 radical (unpaired) electrons. The third-order valence-corrected chi connectivity index (χ3v) is 3.77. The molecule has 3 rings (SSSR count). The van der Waals surface area contributed by atoms with Crippen LogP contribution in [0.5, 0.6) is 0 Å². The van der Waals surface area contributed by atoms with Crippen molar-refractivity contribution in [3.63, 3.8) is 0 Å². The van der Waals surface area contributed by atoms with E-state index in [9.17, 15) is 14.9 Å². The number of imidazole rings is 1. The first-order valence-corrected chi connectivity index (χ1v) is 7.40. The second-order valence-electron chi connectivity index (χ2n) is 5.54. The Morgan fingerprint density at radius 2 is 2.12 bits per heavy atom. The average Bonchev–Trinajstić information content (AvgIpc) is 2.90. The molecule has 0 saturated carbocycles. The molecular formula is C17H15N3O4. The van der Waals surface area contributed by atoms with Gasteiger partial charge in [0.05, 0.1) is 22.7 Å². The third-order valence-electron chi connectivity index (χ3n) is 3.77. The van der Waals surface area contributed by atoms with Crippen LogP contribution in [0.15, 0.2) is 42.6 Å². The van der Waals surface area contributed by atoms with Crippen molar-refractivity contribution in [1.29, 1.82) is 0 Å². The van der Waals surface area contributed by atoms with Crippen molar-refractivity contribution in [2.24, 2.45) is 0 Å². The molecule has 1 N–H and O–H groups in total. The first-order valence-electron chi connectivity index (χ1n) is 7.40. The zero-order valence-corrected chi connectivity index (χ0v) is 13.0. The van der Waals surface area contributed by atoms with Crippen LogP contribution in [0.4, 0.5) is 5.69 Å². The highest BCUT2D eigenvalue weighted by Crippen LogP contribution is 2.28. The van der Waals surface area contributed by atoms with Gasteiger partial charge in [-0.05, 0) is 18.6 Å². The number of hydrogen-bond donors (Lipinski definition) is 1. The highest BCUT2D eigenvalue weighted by molar-refractivity contribution is 5.71. The standard InChI is InChI=1S/C17H15N3O4/c1-11-5-7-15-18-17(12-3-2-4-13(9-12)20(23)24)14(19(15)10-11)6-8-16(21)22/h2-5,7,9-10H,6,8H2,1H3,(H,21,22). The Morgan fingerprint density at radius 3 is 2.83 bits per heavy atom. The molecule has 1 aromatic carbocycles. The number of fused-ring (bicyclic) bond motifs is 1. The molecule has 7 heteroatoms. The topological polar surface area (TPSA) is 97.7 Å². The minimum atomic E-state index is -0.900. The first-order chi connectivity index (χ1) is 11.5. The number of aromatic nitrogens is 2. The number of aliphatic carboxylic acids is 1. The minimum absolute atomic E-state index is 0.0232. The molecule has 24 heavy (non-hydrogen) atoms. The van der Waals surface area contributed by atoms with Crippen LogP contribution >= 0.6 is 0 Å². The number of carboxylic acids is 1. The number of non-ortho nitro benzene ring substituents is 1. The SMILES string of the molecule is Cc1ccc2nc(-c3cccc([N+](=O)[O-])c3)c(CCC(=O)O)n2c1. The van der Waals surface area contributed by atoms with Crippen molar-refractivity contribution in [3.8, 4) is 11.3 Å². The lowest BCUT2D eigenvalue weighted by atomic mass is 10.1. The van der Waals surface area contributed by atoms with Crippen molar-refractivity contribution in [2.75, 3.05) is 0 Å². The van der Waals surface area contributed by atoms with Crippen LogP contribution in [0, 0.1) is 17.0 Å². The van der Waals surface area contributed by atoms with Crippen LogP contribution in [0.1, 0.15) is 17.7 Å². The molecule has 0 spiro atoms. The summed E-state index contributed by atoms with van der Waals surface area (Å²) in [5.74, 6) is -0.900. The quantitative estimate of drug-likeness (QED) is 0.573. The van der Waals surface area contributed by atoms with Crippen molar-refractivity contribution < 1.29 is 14.8 Å². The number of nitro groups is 1. The summed E-state index contributed by atoms with van der Waals surface area (Å²) in [6.45, 7) is 1.94. The summed E-state index contributed by atoms with van der Waals surface area (Å²) in [4.78, 5) is 26.1. The highest BCUT2D eigenvalue weighted by atomic mass is 16.6. The van der Waals surface area contributed by atoms with E-state index in [4.69, 9.17) is 5.11 Å². The van der Waals surface area contributed by atoms with Crippen LogP contribution in [0.25, 0.3) is 16.9 Å². The lowest BCUT2D eigenvalue weighted by Gasteiger charge is -2.05. The number of carboxylic acid groups (broad SMARTS) is 1. The van der Waals surface area contributed by atoms with Gasteiger partial charge in [-0.2, -0.15) is 0 Å². The van der Waals surface area contributed by atoms with Gasteiger partial charge in [0, 0.05) is 30.3 Å². The Balaban J connectivity index is 2.19. The number of nitro benzene ring substituents is 1. The fourth-order valence-electron chi connectivity index (χ4n) is 2.66. The zero-order valence-electron chi connectivity index (χ0n) is 13.0. The van der Waals surface area contributed by atoms with Gasteiger partial charge in [-0.15, -0.1) is 0 Å². The van der Waals surface area contributed by atoms with Crippen molar-refractivity contribution >= 4 is 17.3 Å². The van der Waals surface area contributed by atoms with Gasteiger partial charge < -0.3 is 9.51 Å². The molecule has 0 aliphatic carbocycles. The Kier molecular flexibility index (Phi) is 3.99. The first kappa shape index (κ1) is 15.7. The summed E-state index contributed by atoms with van der Waals surface area (Å²) in [5.41, 5.74) is 3.59. The van der Waals surface area contributed by atoms with E-state index < -0.39 is 10.9 Å². The second kappa shape index (κ2) is 6.11. The molecule has 0 amide bonds. The van der Waals surface area contributed by atoms with Gasteiger partial charge in [0.25, 0.3) is 5.69 Å². The van der Waals surface area contributed by atoms with Gasteiger partial charge in [0.15, 0.2) is 0 Å². The summed E-state index contributed by atoms with van der Waals surface area (Å²) < 4.78 is 1.85. The van der Waals surface area contributed by atoms with E-state index in [1.54, 1.807) is 12.1 Å². The monoisotopic (exact) mass is 325 g/mol. The van der Waals surface area contributed by atoms with Crippen molar-refractivity contribution in [3.05, 3.63) is 64.0 Å². The Hall–Kier alpha value is -3.22. The molecular weight excluding hydrogens is 310 g/mol. The van der Waals surface area contributed by atoms with Crippen molar-refractivity contribution in [1.82, 2.24) is 9.38 Å². The van der Waals surface area contributed by atoms with Crippen LogP contribution in [-0.2, 0) is 11.2 Å². The van der Waals surface area contributed by atoms with E-state index in [-0.39, 0.29) is 18.5 Å². The van der Waals surface area contributed by atoms with Gasteiger partial charge in [0.2, 0.25) is 0 Å². The van der Waals surface area contributed by atoms with E-state index in [1.807, 2.05) is 29.7 Å². The molecule has 2 heterocycles. The number of hydrogen-bond acceptors (Lipinski definition) is 4. The molecule has 0 fully saturated rings. The summed E-state index contributed by atoms with van der Waals surface area (Å²) in [5, 5.41) is 20.0. The molecule has 0 bridgehead atoms. The van der Waals surface area contributed by atoms with E-state index in [1.165, 1.54) is 12.1 Å². The molecule has 0 atom stereocenters. The average molecular weight is 325 g/mol. The van der Waals surface area contributed by atoms with Crippen LogP contribution in [-0.4, -0.2) is 25.4 Å². The maximum atomic E-state index is 11.0. The Bertz CT molecular complexity index is 946. The van der Waals surface area contributed by atoms with Gasteiger partial charge in [-0.1, -0.05) is 18.2 Å². The fraction of sp³-hybridized carbons (Fsp3) is 0.176. The number of rotatable bonds is 5. The Labute approximate surface area is 137 Å². The lowest BCUT2D eigenvalue weighted by Crippen LogP contribution is -2.02. The second-order valence-corrected chi connectivity index (χ2v) is 5.54. The summed E-state index contributed by atoms with van der Waals surface area (Å²) in [6, 6.07) is 9.98. The van der Waals surface area contributed by atoms with Gasteiger partial charge in [-0.3, -0.25) is 14.9 Å². The van der Waals surface area contributed by atoms with E-state index in [0.29, 0.717) is 16.9 Å². The zero-order chi connectivity index (χ0) is 17.3. The molecule has 0 unspecified atom stereocenters. The lowest BCUT2D eigenvalue weighted by molar-refractivity contribution is -0.384. The van der Waals surface area contributed by atoms with E-state index in [2.05, 4.69) is 4.98 Å². The van der Waals surface area contributed by atoms with E-state index >= 15 is 0 Å². The molecule has 0 aliphatic heterocycles. The number of carbonyl (C=O) groups is 1.